The summed E-state index contributed by atoms with van der Waals surface area (Å²) in [5.41, 5.74) is -1.09. The summed E-state index contributed by atoms with van der Waals surface area (Å²) < 4.78 is 39.4. The van der Waals surface area contributed by atoms with Gasteiger partial charge in [-0.25, -0.2) is 13.6 Å². The second kappa shape index (κ2) is 7.21. The predicted molar refractivity (Wildman–Crippen MR) is 92.3 cm³/mol. The van der Waals surface area contributed by atoms with Gasteiger partial charge in [-0.2, -0.15) is 0 Å². The monoisotopic (exact) mass is 369 g/mol. The molecule has 0 spiro atoms. The highest BCUT2D eigenvalue weighted by atomic mass is 19.1. The molecular formula is C19H25F2NO4. The van der Waals surface area contributed by atoms with E-state index >= 15 is 0 Å². The summed E-state index contributed by atoms with van der Waals surface area (Å²) in [5.74, 6) is -1.88. The first-order chi connectivity index (χ1) is 11.9. The zero-order valence-corrected chi connectivity index (χ0v) is 15.7. The smallest absolute Gasteiger partial charge is 0.408 e. The van der Waals surface area contributed by atoms with Crippen LogP contribution in [0.5, 0.6) is 5.75 Å². The van der Waals surface area contributed by atoms with Crippen LogP contribution >= 0.6 is 0 Å². The zero-order valence-electron chi connectivity index (χ0n) is 15.7. The van der Waals surface area contributed by atoms with Crippen LogP contribution in [0.15, 0.2) is 6.07 Å². The van der Waals surface area contributed by atoms with E-state index in [1.54, 1.807) is 34.6 Å². The second-order valence-electron chi connectivity index (χ2n) is 8.23. The van der Waals surface area contributed by atoms with Crippen molar-refractivity contribution in [1.82, 2.24) is 5.32 Å². The molecule has 0 saturated carbocycles. The molecule has 2 rings (SSSR count). The van der Waals surface area contributed by atoms with Crippen LogP contribution in [0, 0.1) is 17.6 Å². The Morgan fingerprint density at radius 3 is 2.42 bits per heavy atom. The first-order valence-electron chi connectivity index (χ1n) is 8.51. The molecule has 0 radical (unpaired) electrons. The topological polar surface area (TPSA) is 64.6 Å². The quantitative estimate of drug-likeness (QED) is 0.806. The first-order valence-corrected chi connectivity index (χ1v) is 8.51. The minimum absolute atomic E-state index is 0.0848. The molecule has 0 aromatic heterocycles. The normalized spacial score (nSPS) is 16.8. The van der Waals surface area contributed by atoms with Gasteiger partial charge in [-0.05, 0) is 58.6 Å². The Kier molecular flexibility index (Phi) is 5.58. The number of alkyl carbamates (subject to hydrolysis) is 1. The number of benzene rings is 1. The Morgan fingerprint density at radius 1 is 1.23 bits per heavy atom. The van der Waals surface area contributed by atoms with Crippen LogP contribution in [0.2, 0.25) is 0 Å². The van der Waals surface area contributed by atoms with Crippen molar-refractivity contribution in [2.24, 2.45) is 5.92 Å². The molecule has 1 atom stereocenters. The fourth-order valence-corrected chi connectivity index (χ4v) is 2.80. The van der Waals surface area contributed by atoms with Crippen molar-refractivity contribution in [3.63, 3.8) is 0 Å². The number of halogens is 2. The number of fused-ring (bicyclic) bond motifs is 1. The van der Waals surface area contributed by atoms with Crippen molar-refractivity contribution in [2.45, 2.75) is 58.6 Å². The number of carbonyl (C=O) groups is 2. The first kappa shape index (κ1) is 20.1. The molecule has 1 aromatic carbocycles. The van der Waals surface area contributed by atoms with Crippen LogP contribution in [0.25, 0.3) is 0 Å². The number of nitrogens with one attached hydrogen (secondary N) is 1. The van der Waals surface area contributed by atoms with E-state index in [9.17, 15) is 18.4 Å². The van der Waals surface area contributed by atoms with Crippen molar-refractivity contribution in [2.75, 3.05) is 6.61 Å². The maximum Gasteiger partial charge on any atom is 0.408 e. The van der Waals surface area contributed by atoms with Gasteiger partial charge < -0.3 is 19.6 Å². The Bertz CT molecular complexity index is 710. The third-order valence-electron chi connectivity index (χ3n) is 3.94. The highest BCUT2D eigenvalue weighted by molar-refractivity contribution is 5.68. The molecule has 5 nitrogen and oxygen atoms in total. The Balaban J connectivity index is 2.07. The fraction of sp³-hybridized carbons (Fsp3) is 0.579. The average Bonchev–Trinajstić information content (AvgIpc) is 2.92. The largest absolute Gasteiger partial charge is 0.488 e. The van der Waals surface area contributed by atoms with E-state index in [2.05, 4.69) is 5.32 Å². The lowest BCUT2D eigenvalue weighted by Gasteiger charge is -2.28. The number of hydrogen-bond acceptors (Lipinski definition) is 4. The van der Waals surface area contributed by atoms with Gasteiger partial charge in [-0.1, -0.05) is 0 Å². The maximum absolute atomic E-state index is 14.6. The molecule has 1 aliphatic carbocycles. The SMILES string of the molecule is CC(C)(COc1cc(F)c2c(c1F)CC(C=O)C2)NC(=O)OC(C)(C)C. The van der Waals surface area contributed by atoms with Gasteiger partial charge in [0.25, 0.3) is 0 Å². The minimum Gasteiger partial charge on any atom is -0.488 e. The Morgan fingerprint density at radius 2 is 1.85 bits per heavy atom. The number of hydrogen-bond donors (Lipinski definition) is 1. The molecule has 0 bridgehead atoms. The van der Waals surface area contributed by atoms with E-state index in [-0.39, 0.29) is 36.3 Å². The molecule has 1 N–H and O–H groups in total. The van der Waals surface area contributed by atoms with Crippen molar-refractivity contribution >= 4 is 12.4 Å². The molecule has 0 heterocycles. The van der Waals surface area contributed by atoms with Crippen molar-refractivity contribution in [1.29, 1.82) is 0 Å². The summed E-state index contributed by atoms with van der Waals surface area (Å²) in [7, 11) is 0. The molecule has 144 valence electrons. The lowest BCUT2D eigenvalue weighted by Crippen LogP contribution is -2.49. The molecular weight excluding hydrogens is 344 g/mol. The average molecular weight is 369 g/mol. The molecule has 1 aromatic rings. The molecule has 1 aliphatic rings. The molecule has 0 fully saturated rings. The predicted octanol–water partition coefficient (Wildman–Crippen LogP) is 3.56. The number of carbonyl (C=O) groups excluding carboxylic acids is 2. The second-order valence-corrected chi connectivity index (χ2v) is 8.23. The van der Waals surface area contributed by atoms with Gasteiger partial charge in [0.15, 0.2) is 11.6 Å². The maximum atomic E-state index is 14.6. The van der Waals surface area contributed by atoms with Crippen LogP contribution < -0.4 is 10.1 Å². The van der Waals surface area contributed by atoms with E-state index in [0.29, 0.717) is 6.29 Å². The van der Waals surface area contributed by atoms with Gasteiger partial charge in [-0.15, -0.1) is 0 Å². The number of ether oxygens (including phenoxy) is 2. The molecule has 1 amide bonds. The van der Waals surface area contributed by atoms with Gasteiger partial charge >= 0.3 is 6.09 Å². The summed E-state index contributed by atoms with van der Waals surface area (Å²) in [6.07, 6.45) is 0.458. The summed E-state index contributed by atoms with van der Waals surface area (Å²) in [6.45, 7) is 8.50. The summed E-state index contributed by atoms with van der Waals surface area (Å²) in [5, 5.41) is 2.64. The molecule has 0 aliphatic heterocycles. The lowest BCUT2D eigenvalue weighted by molar-refractivity contribution is -0.110. The van der Waals surface area contributed by atoms with E-state index < -0.39 is 34.8 Å². The molecule has 1 unspecified atom stereocenters. The standard InChI is InChI=1S/C19H25F2NO4/c1-18(2,3)26-17(24)22-19(4,5)10-25-15-8-14(20)12-6-11(9-23)7-13(12)16(15)21/h8-9,11H,6-7,10H2,1-5H3,(H,22,24). The fourth-order valence-electron chi connectivity index (χ4n) is 2.80. The van der Waals surface area contributed by atoms with E-state index in [4.69, 9.17) is 9.47 Å². The van der Waals surface area contributed by atoms with Crippen molar-refractivity contribution < 1.29 is 27.8 Å². The Hall–Kier alpha value is -2.18. The highest BCUT2D eigenvalue weighted by Gasteiger charge is 2.31. The van der Waals surface area contributed by atoms with Gasteiger partial charge in [0.2, 0.25) is 0 Å². The third-order valence-corrected chi connectivity index (χ3v) is 3.94. The van der Waals surface area contributed by atoms with Gasteiger partial charge in [0, 0.05) is 12.0 Å². The van der Waals surface area contributed by atoms with E-state index in [1.807, 2.05) is 0 Å². The summed E-state index contributed by atoms with van der Waals surface area (Å²) >= 11 is 0. The van der Waals surface area contributed by atoms with Crippen LogP contribution in [0.1, 0.15) is 45.7 Å². The number of amides is 1. The number of aldehydes is 1. The van der Waals surface area contributed by atoms with Crippen molar-refractivity contribution in [3.05, 3.63) is 28.8 Å². The molecule has 7 heteroatoms. The molecule has 26 heavy (non-hydrogen) atoms. The highest BCUT2D eigenvalue weighted by Crippen LogP contribution is 2.35. The number of rotatable bonds is 5. The van der Waals surface area contributed by atoms with Crippen LogP contribution in [0.3, 0.4) is 0 Å². The molecule has 0 saturated heterocycles. The Labute approximate surface area is 152 Å². The van der Waals surface area contributed by atoms with Gasteiger partial charge in [0.05, 0.1) is 5.54 Å². The van der Waals surface area contributed by atoms with Crippen molar-refractivity contribution in [3.8, 4) is 5.75 Å². The van der Waals surface area contributed by atoms with Crippen LogP contribution in [-0.4, -0.2) is 30.1 Å². The summed E-state index contributed by atoms with van der Waals surface area (Å²) in [6, 6.07) is 0.991. The van der Waals surface area contributed by atoms with Crippen LogP contribution in [0.4, 0.5) is 13.6 Å². The van der Waals surface area contributed by atoms with E-state index in [0.717, 1.165) is 6.07 Å². The van der Waals surface area contributed by atoms with Crippen LogP contribution in [-0.2, 0) is 22.4 Å². The van der Waals surface area contributed by atoms with Gasteiger partial charge in [-0.3, -0.25) is 0 Å². The lowest BCUT2D eigenvalue weighted by atomic mass is 10.1. The minimum atomic E-state index is -0.865. The third kappa shape index (κ3) is 4.93. The van der Waals surface area contributed by atoms with E-state index in [1.165, 1.54) is 0 Å². The summed E-state index contributed by atoms with van der Waals surface area (Å²) in [4.78, 5) is 22.8. The van der Waals surface area contributed by atoms with Gasteiger partial charge in [0.1, 0.15) is 24.3 Å². The zero-order chi connectivity index (χ0) is 19.7.